The van der Waals surface area contributed by atoms with Crippen molar-refractivity contribution in [1.82, 2.24) is 0 Å². The molecule has 0 spiro atoms. The molecular formula is C17H17NO2S2. The van der Waals surface area contributed by atoms with Gasteiger partial charge in [-0.15, -0.1) is 23.5 Å². The smallest absolute Gasteiger partial charge is 0.259 e. The van der Waals surface area contributed by atoms with Crippen molar-refractivity contribution >= 4 is 35.1 Å². The van der Waals surface area contributed by atoms with E-state index >= 15 is 0 Å². The number of aromatic hydroxyl groups is 1. The van der Waals surface area contributed by atoms with Gasteiger partial charge in [-0.05, 0) is 36.2 Å². The molecule has 3 nitrogen and oxygen atoms in total. The van der Waals surface area contributed by atoms with Crippen molar-refractivity contribution in [3.63, 3.8) is 0 Å². The second kappa shape index (κ2) is 6.67. The fourth-order valence-corrected chi connectivity index (χ4v) is 5.19. The number of hydrogen-bond donors (Lipinski definition) is 2. The molecule has 0 aliphatic carbocycles. The zero-order valence-corrected chi connectivity index (χ0v) is 13.8. The summed E-state index contributed by atoms with van der Waals surface area (Å²) in [5, 5.41) is 12.9. The highest BCUT2D eigenvalue weighted by atomic mass is 32.2. The molecule has 0 saturated carbocycles. The maximum absolute atomic E-state index is 12.3. The maximum atomic E-state index is 12.3. The number of thioether (sulfide) groups is 2. The average molecular weight is 331 g/mol. The summed E-state index contributed by atoms with van der Waals surface area (Å²) in [5.41, 5.74) is 2.98. The molecule has 0 unspecified atom stereocenters. The molecule has 0 radical (unpaired) electrons. The third kappa shape index (κ3) is 3.25. The normalized spacial score (nSPS) is 15.0. The molecule has 1 aliphatic rings. The van der Waals surface area contributed by atoms with Gasteiger partial charge < -0.3 is 10.4 Å². The summed E-state index contributed by atoms with van der Waals surface area (Å²) in [5.74, 6) is 2.09. The van der Waals surface area contributed by atoms with Gasteiger partial charge in [0.2, 0.25) is 0 Å². The first-order valence-electron chi connectivity index (χ1n) is 7.08. The molecule has 2 aromatic rings. The van der Waals surface area contributed by atoms with Crippen LogP contribution in [-0.4, -0.2) is 22.5 Å². The molecule has 1 fully saturated rings. The number of phenolic OH excluding ortho intramolecular Hbond substituents is 1. The highest BCUT2D eigenvalue weighted by Gasteiger charge is 2.19. The maximum Gasteiger partial charge on any atom is 0.259 e. The molecule has 1 aliphatic heterocycles. The summed E-state index contributed by atoms with van der Waals surface area (Å²) in [6.45, 7) is 1.78. The fraction of sp³-hybridized carbons (Fsp3) is 0.235. The molecule has 5 heteroatoms. The van der Waals surface area contributed by atoms with Gasteiger partial charge in [0.15, 0.2) is 0 Å². The lowest BCUT2D eigenvalue weighted by molar-refractivity contribution is 0.102. The minimum absolute atomic E-state index is 0.0399. The number of carbonyl (C=O) groups excluding carboxylic acids is 1. The van der Waals surface area contributed by atoms with Crippen molar-refractivity contribution in [2.45, 2.75) is 11.5 Å². The molecule has 1 saturated heterocycles. The predicted molar refractivity (Wildman–Crippen MR) is 94.9 cm³/mol. The van der Waals surface area contributed by atoms with Crippen molar-refractivity contribution in [3.8, 4) is 5.75 Å². The highest BCUT2D eigenvalue weighted by molar-refractivity contribution is 8.19. The van der Waals surface area contributed by atoms with Crippen LogP contribution in [0.25, 0.3) is 0 Å². The lowest BCUT2D eigenvalue weighted by Crippen LogP contribution is -2.12. The standard InChI is InChI=1S/C17H17NO2S2/c1-11-4-2-7-14(15(11)19)16(20)18-13-6-3-5-12(10-13)17-21-8-9-22-17/h2-7,10,17,19H,8-9H2,1H3,(H,18,20). The van der Waals surface area contributed by atoms with Gasteiger partial charge >= 0.3 is 0 Å². The van der Waals surface area contributed by atoms with E-state index < -0.39 is 0 Å². The van der Waals surface area contributed by atoms with E-state index in [0.29, 0.717) is 15.7 Å². The van der Waals surface area contributed by atoms with E-state index in [1.807, 2.05) is 41.7 Å². The van der Waals surface area contributed by atoms with Gasteiger partial charge in [0.1, 0.15) is 5.75 Å². The Labute approximate surface area is 138 Å². The van der Waals surface area contributed by atoms with Crippen molar-refractivity contribution in [3.05, 3.63) is 59.2 Å². The Balaban J connectivity index is 1.79. The van der Waals surface area contributed by atoms with E-state index in [4.69, 9.17) is 0 Å². The largest absolute Gasteiger partial charge is 0.507 e. The quantitative estimate of drug-likeness (QED) is 0.873. The summed E-state index contributed by atoms with van der Waals surface area (Å²) in [4.78, 5) is 12.3. The number of amides is 1. The zero-order valence-electron chi connectivity index (χ0n) is 12.2. The van der Waals surface area contributed by atoms with Crippen LogP contribution in [0.15, 0.2) is 42.5 Å². The number of para-hydroxylation sites is 1. The summed E-state index contributed by atoms with van der Waals surface area (Å²) in [7, 11) is 0. The van der Waals surface area contributed by atoms with Gasteiger partial charge in [0.25, 0.3) is 5.91 Å². The summed E-state index contributed by atoms with van der Waals surface area (Å²) >= 11 is 3.87. The third-order valence-corrected chi connectivity index (χ3v) is 6.63. The van der Waals surface area contributed by atoms with E-state index in [1.165, 1.54) is 17.1 Å². The van der Waals surface area contributed by atoms with Gasteiger partial charge in [-0.1, -0.05) is 24.3 Å². The Hall–Kier alpha value is -1.59. The molecule has 0 atom stereocenters. The van der Waals surface area contributed by atoms with Crippen LogP contribution in [0.3, 0.4) is 0 Å². The molecule has 1 heterocycles. The zero-order chi connectivity index (χ0) is 15.5. The number of nitrogens with one attached hydrogen (secondary N) is 1. The highest BCUT2D eigenvalue weighted by Crippen LogP contribution is 2.45. The Kier molecular flexibility index (Phi) is 4.64. The van der Waals surface area contributed by atoms with Crippen LogP contribution in [0.1, 0.15) is 26.1 Å². The number of anilines is 1. The second-order valence-electron chi connectivity index (χ2n) is 5.12. The topological polar surface area (TPSA) is 49.3 Å². The molecule has 2 N–H and O–H groups in total. The van der Waals surface area contributed by atoms with E-state index in [-0.39, 0.29) is 11.7 Å². The number of benzene rings is 2. The molecule has 0 aromatic heterocycles. The molecule has 114 valence electrons. The molecule has 0 bridgehead atoms. The van der Waals surface area contributed by atoms with Crippen LogP contribution in [-0.2, 0) is 0 Å². The lowest BCUT2D eigenvalue weighted by Gasteiger charge is -2.12. The Morgan fingerprint density at radius 2 is 1.91 bits per heavy atom. The van der Waals surface area contributed by atoms with Crippen LogP contribution in [0.4, 0.5) is 5.69 Å². The van der Waals surface area contributed by atoms with E-state index in [9.17, 15) is 9.90 Å². The first kappa shape index (κ1) is 15.3. The van der Waals surface area contributed by atoms with Crippen molar-refractivity contribution < 1.29 is 9.90 Å². The SMILES string of the molecule is Cc1cccc(C(=O)Nc2cccc(C3SCCS3)c2)c1O. The van der Waals surface area contributed by atoms with Gasteiger partial charge in [-0.25, -0.2) is 0 Å². The molecule has 2 aromatic carbocycles. The van der Waals surface area contributed by atoms with Gasteiger partial charge in [0.05, 0.1) is 10.1 Å². The predicted octanol–water partition coefficient (Wildman–Crippen LogP) is 4.43. The Morgan fingerprint density at radius 3 is 2.68 bits per heavy atom. The van der Waals surface area contributed by atoms with E-state index in [0.717, 1.165) is 5.69 Å². The summed E-state index contributed by atoms with van der Waals surface area (Å²) in [6, 6.07) is 13.1. The number of carbonyl (C=O) groups is 1. The third-order valence-electron chi connectivity index (χ3n) is 3.52. The van der Waals surface area contributed by atoms with E-state index in [1.54, 1.807) is 25.1 Å². The Bertz CT molecular complexity index is 697. The van der Waals surface area contributed by atoms with Gasteiger partial charge in [-0.2, -0.15) is 0 Å². The summed E-state index contributed by atoms with van der Waals surface area (Å²) in [6.07, 6.45) is 0. The molecule has 3 rings (SSSR count). The van der Waals surface area contributed by atoms with Crippen LogP contribution in [0, 0.1) is 6.92 Å². The van der Waals surface area contributed by atoms with Gasteiger partial charge in [0, 0.05) is 17.2 Å². The second-order valence-corrected chi connectivity index (χ2v) is 7.85. The van der Waals surface area contributed by atoms with Crippen LogP contribution in [0.5, 0.6) is 5.75 Å². The minimum Gasteiger partial charge on any atom is -0.507 e. The number of hydrogen-bond acceptors (Lipinski definition) is 4. The molecule has 1 amide bonds. The first-order valence-corrected chi connectivity index (χ1v) is 9.18. The Morgan fingerprint density at radius 1 is 1.18 bits per heavy atom. The van der Waals surface area contributed by atoms with Gasteiger partial charge in [-0.3, -0.25) is 4.79 Å². The molecule has 22 heavy (non-hydrogen) atoms. The first-order chi connectivity index (χ1) is 10.6. The van der Waals surface area contributed by atoms with Crippen LogP contribution >= 0.6 is 23.5 Å². The average Bonchev–Trinajstić information content (AvgIpc) is 3.04. The fourth-order valence-electron chi connectivity index (χ4n) is 2.35. The lowest BCUT2D eigenvalue weighted by atomic mass is 10.1. The number of phenols is 1. The van der Waals surface area contributed by atoms with Crippen LogP contribution < -0.4 is 5.32 Å². The van der Waals surface area contributed by atoms with Crippen molar-refractivity contribution in [2.24, 2.45) is 0 Å². The minimum atomic E-state index is -0.287. The summed E-state index contributed by atoms with van der Waals surface area (Å²) < 4.78 is 0.448. The van der Waals surface area contributed by atoms with E-state index in [2.05, 4.69) is 11.4 Å². The monoisotopic (exact) mass is 331 g/mol. The number of aryl methyl sites for hydroxylation is 1. The van der Waals surface area contributed by atoms with Crippen molar-refractivity contribution in [2.75, 3.05) is 16.8 Å². The number of rotatable bonds is 3. The van der Waals surface area contributed by atoms with Crippen molar-refractivity contribution in [1.29, 1.82) is 0 Å². The molecular weight excluding hydrogens is 314 g/mol. The van der Waals surface area contributed by atoms with Crippen LogP contribution in [0.2, 0.25) is 0 Å².